The Kier molecular flexibility index (Phi) is 11.6. The molecule has 35 heavy (non-hydrogen) atoms. The van der Waals surface area contributed by atoms with Crippen LogP contribution in [0.1, 0.15) is 37.8 Å². The summed E-state index contributed by atoms with van der Waals surface area (Å²) in [6, 6.07) is 20.8. The van der Waals surface area contributed by atoms with E-state index in [1.807, 2.05) is 50.2 Å². The number of aromatic nitrogens is 2. The number of hydrogen-bond acceptors (Lipinski definition) is 7. The largest absolute Gasteiger partial charge is 0.353 e. The molecule has 1 heterocycles. The topological polar surface area (TPSA) is 84.0 Å². The minimum atomic E-state index is -0.0103. The van der Waals surface area contributed by atoms with Gasteiger partial charge in [-0.25, -0.2) is 0 Å². The Morgan fingerprint density at radius 3 is 1.54 bits per heavy atom. The van der Waals surface area contributed by atoms with Gasteiger partial charge in [-0.2, -0.15) is 0 Å². The number of thioether (sulfide) groups is 2. The maximum atomic E-state index is 12.3. The monoisotopic (exact) mass is 528 g/mol. The van der Waals surface area contributed by atoms with Gasteiger partial charge < -0.3 is 10.6 Å². The molecule has 1 aromatic heterocycles. The second kappa shape index (κ2) is 14.9. The van der Waals surface area contributed by atoms with Crippen molar-refractivity contribution in [3.8, 4) is 0 Å². The Bertz CT molecular complexity index is 965. The third-order valence-corrected chi connectivity index (χ3v) is 8.46. The van der Waals surface area contributed by atoms with Gasteiger partial charge in [0, 0.05) is 12.1 Å². The summed E-state index contributed by atoms with van der Waals surface area (Å²) in [7, 11) is 0. The van der Waals surface area contributed by atoms with Crippen molar-refractivity contribution in [2.24, 2.45) is 0 Å². The van der Waals surface area contributed by atoms with Crippen molar-refractivity contribution in [3.05, 3.63) is 71.8 Å². The van der Waals surface area contributed by atoms with Crippen LogP contribution in [-0.2, 0) is 22.4 Å². The van der Waals surface area contributed by atoms with Crippen molar-refractivity contribution in [1.29, 1.82) is 0 Å². The van der Waals surface area contributed by atoms with E-state index in [9.17, 15) is 9.59 Å². The normalized spacial score (nSPS) is 12.6. The second-order valence-corrected chi connectivity index (χ2v) is 11.8. The van der Waals surface area contributed by atoms with E-state index < -0.39 is 0 Å². The molecule has 3 aromatic rings. The molecule has 0 aliphatic carbocycles. The van der Waals surface area contributed by atoms with Crippen LogP contribution in [0.2, 0.25) is 0 Å². The Morgan fingerprint density at radius 2 is 1.14 bits per heavy atom. The van der Waals surface area contributed by atoms with Crippen molar-refractivity contribution in [3.63, 3.8) is 0 Å². The highest BCUT2D eigenvalue weighted by molar-refractivity contribution is 8.03. The van der Waals surface area contributed by atoms with Crippen LogP contribution in [0.4, 0.5) is 0 Å². The first-order chi connectivity index (χ1) is 17.0. The molecule has 2 amide bonds. The van der Waals surface area contributed by atoms with Gasteiger partial charge in [-0.15, -0.1) is 10.2 Å². The van der Waals surface area contributed by atoms with Gasteiger partial charge in [-0.1, -0.05) is 95.5 Å². The molecule has 6 nitrogen and oxygen atoms in total. The Morgan fingerprint density at radius 1 is 0.743 bits per heavy atom. The highest BCUT2D eigenvalue weighted by Gasteiger charge is 2.13. The van der Waals surface area contributed by atoms with Crippen molar-refractivity contribution in [2.45, 2.75) is 60.3 Å². The molecule has 0 aliphatic heterocycles. The molecule has 0 aliphatic rings. The van der Waals surface area contributed by atoms with Crippen molar-refractivity contribution < 1.29 is 9.59 Å². The van der Waals surface area contributed by atoms with Gasteiger partial charge in [0.25, 0.3) is 0 Å². The first-order valence-corrected chi connectivity index (χ1v) is 14.5. The molecule has 0 unspecified atom stereocenters. The summed E-state index contributed by atoms with van der Waals surface area (Å²) in [5.74, 6) is 0.579. The maximum Gasteiger partial charge on any atom is 0.230 e. The maximum absolute atomic E-state index is 12.3. The number of amides is 2. The number of nitrogens with zero attached hydrogens (tertiary/aromatic N) is 2. The summed E-state index contributed by atoms with van der Waals surface area (Å²) in [6.45, 7) is 4.05. The minimum absolute atomic E-state index is 0.0103. The minimum Gasteiger partial charge on any atom is -0.353 e. The van der Waals surface area contributed by atoms with E-state index in [0.717, 1.165) is 34.4 Å². The summed E-state index contributed by atoms with van der Waals surface area (Å²) in [4.78, 5) is 24.5. The number of benzene rings is 2. The van der Waals surface area contributed by atoms with Crippen LogP contribution < -0.4 is 10.6 Å². The van der Waals surface area contributed by atoms with Gasteiger partial charge in [0.1, 0.15) is 0 Å². The number of carbonyl (C=O) groups is 2. The average Bonchev–Trinajstić information content (AvgIpc) is 3.33. The molecule has 0 fully saturated rings. The molecule has 0 radical (unpaired) electrons. The summed E-state index contributed by atoms with van der Waals surface area (Å²) in [5.41, 5.74) is 2.55. The lowest BCUT2D eigenvalue weighted by Crippen LogP contribution is -2.34. The Labute approximate surface area is 220 Å². The number of nitrogens with one attached hydrogen (secondary N) is 2. The molecular formula is C26H32N4O2S3. The molecule has 186 valence electrons. The number of aryl methyl sites for hydroxylation is 2. The molecule has 3 rings (SSSR count). The second-order valence-electron chi connectivity index (χ2n) is 8.40. The predicted octanol–water partition coefficient (Wildman–Crippen LogP) is 5.00. The van der Waals surface area contributed by atoms with Crippen LogP contribution in [0.5, 0.6) is 0 Å². The standard InChI is InChI=1S/C26H32N4O2S3/c1-19(13-15-21-9-5-3-6-10-21)27-23(31)17-33-25-29-30-26(35-25)34-18-24(32)28-20(2)14-16-22-11-7-4-8-12-22/h3-12,19-20H,13-18H2,1-2H3,(H,27,31)(H,28,32)/t19-,20-/m1/s1. The smallest absolute Gasteiger partial charge is 0.230 e. The third kappa shape index (κ3) is 10.8. The fraction of sp³-hybridized carbons (Fsp3) is 0.385. The molecule has 2 atom stereocenters. The Hall–Kier alpha value is -2.36. The van der Waals surface area contributed by atoms with E-state index in [-0.39, 0.29) is 23.9 Å². The summed E-state index contributed by atoms with van der Waals surface area (Å²) in [5, 5.41) is 14.4. The summed E-state index contributed by atoms with van der Waals surface area (Å²) >= 11 is 4.16. The van der Waals surface area contributed by atoms with Crippen LogP contribution in [0, 0.1) is 0 Å². The van der Waals surface area contributed by atoms with Gasteiger partial charge in [0.05, 0.1) is 11.5 Å². The summed E-state index contributed by atoms with van der Waals surface area (Å²) in [6.07, 6.45) is 3.66. The van der Waals surface area contributed by atoms with Crippen molar-refractivity contribution in [2.75, 3.05) is 11.5 Å². The first kappa shape index (κ1) is 27.2. The van der Waals surface area contributed by atoms with E-state index in [2.05, 4.69) is 45.1 Å². The van der Waals surface area contributed by atoms with Crippen molar-refractivity contribution in [1.82, 2.24) is 20.8 Å². The van der Waals surface area contributed by atoms with Gasteiger partial charge in [0.2, 0.25) is 11.8 Å². The summed E-state index contributed by atoms with van der Waals surface area (Å²) < 4.78 is 1.47. The van der Waals surface area contributed by atoms with Crippen LogP contribution in [0.15, 0.2) is 69.3 Å². The lowest BCUT2D eigenvalue weighted by molar-refractivity contribution is -0.120. The van der Waals surface area contributed by atoms with Crippen molar-refractivity contribution >= 4 is 46.7 Å². The SMILES string of the molecule is C[C@H](CCc1ccccc1)NC(=O)CSc1nnc(SCC(=O)N[C@H](C)CCc2ccccc2)s1. The molecular weight excluding hydrogens is 497 g/mol. The molecule has 0 bridgehead atoms. The fourth-order valence-electron chi connectivity index (χ4n) is 3.40. The molecule has 0 spiro atoms. The van der Waals surface area contributed by atoms with Crippen LogP contribution in [-0.4, -0.2) is 45.6 Å². The number of rotatable bonds is 14. The van der Waals surface area contributed by atoms with Crippen LogP contribution >= 0.6 is 34.9 Å². The number of hydrogen-bond donors (Lipinski definition) is 2. The van der Waals surface area contributed by atoms with Gasteiger partial charge in [-0.3, -0.25) is 9.59 Å². The zero-order valence-electron chi connectivity index (χ0n) is 20.1. The highest BCUT2D eigenvalue weighted by atomic mass is 32.2. The van der Waals surface area contributed by atoms with E-state index in [0.29, 0.717) is 11.5 Å². The molecule has 0 saturated carbocycles. The fourth-order valence-corrected chi connectivity index (χ4v) is 6.04. The van der Waals surface area contributed by atoms with E-state index in [1.54, 1.807) is 0 Å². The van der Waals surface area contributed by atoms with E-state index >= 15 is 0 Å². The van der Waals surface area contributed by atoms with E-state index in [4.69, 9.17) is 0 Å². The number of carbonyl (C=O) groups excluding carboxylic acids is 2. The van der Waals surface area contributed by atoms with Crippen LogP contribution in [0.3, 0.4) is 0 Å². The zero-order chi connectivity index (χ0) is 24.9. The molecule has 9 heteroatoms. The van der Waals surface area contributed by atoms with Gasteiger partial charge >= 0.3 is 0 Å². The molecule has 2 aromatic carbocycles. The Balaban J connectivity index is 1.29. The quantitative estimate of drug-likeness (QED) is 0.287. The predicted molar refractivity (Wildman–Crippen MR) is 146 cm³/mol. The first-order valence-electron chi connectivity index (χ1n) is 11.7. The zero-order valence-corrected chi connectivity index (χ0v) is 22.6. The molecule has 0 saturated heterocycles. The van der Waals surface area contributed by atoms with Crippen LogP contribution in [0.25, 0.3) is 0 Å². The van der Waals surface area contributed by atoms with Gasteiger partial charge in [-0.05, 0) is 50.7 Å². The van der Waals surface area contributed by atoms with E-state index in [1.165, 1.54) is 46.0 Å². The highest BCUT2D eigenvalue weighted by Crippen LogP contribution is 2.28. The molecule has 2 N–H and O–H groups in total. The lowest BCUT2D eigenvalue weighted by Gasteiger charge is -2.13. The van der Waals surface area contributed by atoms with Gasteiger partial charge in [0.15, 0.2) is 8.68 Å². The lowest BCUT2D eigenvalue weighted by atomic mass is 10.1. The average molecular weight is 529 g/mol. The third-order valence-electron chi connectivity index (χ3n) is 5.27.